The molecule has 6 rings (SSSR count). The smallest absolute Gasteiger partial charge is 0.260 e. The molecule has 2 N–H and O–H groups in total. The fourth-order valence-corrected chi connectivity index (χ4v) is 5.78. The molecule has 0 bridgehead atoms. The highest BCUT2D eigenvalue weighted by atomic mass is 35.5. The predicted octanol–water partition coefficient (Wildman–Crippen LogP) is 5.04. The zero-order valence-corrected chi connectivity index (χ0v) is 24.3. The van der Waals surface area contributed by atoms with Gasteiger partial charge in [0.25, 0.3) is 5.56 Å². The van der Waals surface area contributed by atoms with E-state index < -0.39 is 0 Å². The normalized spacial score (nSPS) is 13.8. The average Bonchev–Trinajstić information content (AvgIpc) is 3.26. The number of hydrogen-bond acceptors (Lipinski definition) is 8. The Hall–Kier alpha value is -4.28. The van der Waals surface area contributed by atoms with Gasteiger partial charge in [-0.3, -0.25) is 14.3 Å². The fourth-order valence-electron chi connectivity index (χ4n) is 5.48. The van der Waals surface area contributed by atoms with Crippen molar-refractivity contribution < 1.29 is 0 Å². The molecule has 10 nitrogen and oxygen atoms in total. The minimum atomic E-state index is -0.128. The molecule has 0 saturated carbocycles. The second kappa shape index (κ2) is 10.9. The predicted molar refractivity (Wildman–Crippen MR) is 164 cm³/mol. The Balaban J connectivity index is 1.38. The molecule has 1 aromatic carbocycles. The van der Waals surface area contributed by atoms with Crippen LogP contribution in [0.5, 0.6) is 0 Å². The van der Waals surface area contributed by atoms with Crippen molar-refractivity contribution in [2.45, 2.75) is 33.7 Å². The highest BCUT2D eigenvalue weighted by Crippen LogP contribution is 2.32. The molecule has 5 heterocycles. The van der Waals surface area contributed by atoms with Crippen molar-refractivity contribution in [3.63, 3.8) is 0 Å². The van der Waals surface area contributed by atoms with E-state index >= 15 is 0 Å². The molecule has 0 unspecified atom stereocenters. The molecule has 0 spiro atoms. The number of anilines is 3. The van der Waals surface area contributed by atoms with Crippen molar-refractivity contribution in [2.75, 3.05) is 36.4 Å². The quantitative estimate of drug-likeness (QED) is 0.293. The number of rotatable bonds is 6. The fraction of sp³-hybridized carbons (Fsp3) is 0.300. The molecule has 11 heteroatoms. The van der Waals surface area contributed by atoms with Gasteiger partial charge < -0.3 is 15.5 Å². The molecule has 41 heavy (non-hydrogen) atoms. The van der Waals surface area contributed by atoms with E-state index in [9.17, 15) is 4.79 Å². The third-order valence-corrected chi connectivity index (χ3v) is 7.72. The van der Waals surface area contributed by atoms with Crippen LogP contribution in [0.15, 0.2) is 59.8 Å². The second-order valence-electron chi connectivity index (χ2n) is 10.5. The van der Waals surface area contributed by atoms with Crippen LogP contribution >= 0.6 is 11.6 Å². The Kier molecular flexibility index (Phi) is 7.19. The number of fused-ring (bicyclic) bond motifs is 1. The van der Waals surface area contributed by atoms with Crippen LogP contribution in [-0.4, -0.2) is 55.5 Å². The van der Waals surface area contributed by atoms with Gasteiger partial charge >= 0.3 is 0 Å². The molecule has 210 valence electrons. The molecule has 4 aromatic heterocycles. The van der Waals surface area contributed by atoms with Gasteiger partial charge in [-0.1, -0.05) is 11.6 Å². The Morgan fingerprint density at radius 2 is 1.80 bits per heavy atom. The summed E-state index contributed by atoms with van der Waals surface area (Å²) in [6.07, 6.45) is 5.21. The summed E-state index contributed by atoms with van der Waals surface area (Å²) in [6, 6.07) is 11.4. The molecule has 1 aliphatic heterocycles. The van der Waals surface area contributed by atoms with Gasteiger partial charge in [-0.25, -0.2) is 9.67 Å². The van der Waals surface area contributed by atoms with Crippen molar-refractivity contribution in [1.82, 2.24) is 34.6 Å². The van der Waals surface area contributed by atoms with Gasteiger partial charge in [0.15, 0.2) is 0 Å². The maximum Gasteiger partial charge on any atom is 0.260 e. The Morgan fingerprint density at radius 1 is 1.05 bits per heavy atom. The van der Waals surface area contributed by atoms with Crippen LogP contribution in [0.1, 0.15) is 31.3 Å². The zero-order chi connectivity index (χ0) is 28.7. The number of aryl methyl sites for hydroxylation is 1. The number of halogens is 1. The number of aromatic nitrogens is 6. The van der Waals surface area contributed by atoms with E-state index in [2.05, 4.69) is 25.5 Å². The van der Waals surface area contributed by atoms with E-state index in [-0.39, 0.29) is 11.6 Å². The summed E-state index contributed by atoms with van der Waals surface area (Å²) in [5.41, 5.74) is 6.14. The second-order valence-corrected chi connectivity index (χ2v) is 10.9. The van der Waals surface area contributed by atoms with Crippen molar-refractivity contribution in [3.8, 4) is 16.8 Å². The van der Waals surface area contributed by atoms with Crippen LogP contribution in [0.3, 0.4) is 0 Å². The molecule has 5 aromatic rings. The Labute approximate surface area is 243 Å². The van der Waals surface area contributed by atoms with Crippen molar-refractivity contribution in [3.05, 3.63) is 81.8 Å². The maximum atomic E-state index is 14.0. The van der Waals surface area contributed by atoms with E-state index in [1.807, 2.05) is 68.8 Å². The summed E-state index contributed by atoms with van der Waals surface area (Å²) in [5.74, 6) is 0.392. The number of piperazine rings is 1. The lowest BCUT2D eigenvalue weighted by atomic mass is 10.0. The van der Waals surface area contributed by atoms with Crippen LogP contribution in [-0.2, 0) is 0 Å². The summed E-state index contributed by atoms with van der Waals surface area (Å²) in [5, 5.41) is 12.8. The molecule has 1 aliphatic rings. The van der Waals surface area contributed by atoms with Crippen LogP contribution in [0.4, 0.5) is 17.3 Å². The maximum absolute atomic E-state index is 14.0. The first kappa shape index (κ1) is 26.9. The van der Waals surface area contributed by atoms with Crippen molar-refractivity contribution >= 4 is 40.0 Å². The van der Waals surface area contributed by atoms with Gasteiger partial charge in [-0.2, -0.15) is 10.1 Å². The lowest BCUT2D eigenvalue weighted by molar-refractivity contribution is 0.589. The molecule has 1 fully saturated rings. The Morgan fingerprint density at radius 3 is 2.51 bits per heavy atom. The molecule has 1 saturated heterocycles. The molecule has 0 amide bonds. The van der Waals surface area contributed by atoms with Crippen LogP contribution in [0.2, 0.25) is 5.02 Å². The van der Waals surface area contributed by atoms with Crippen molar-refractivity contribution in [2.24, 2.45) is 0 Å². The van der Waals surface area contributed by atoms with Gasteiger partial charge in [0.1, 0.15) is 5.65 Å². The summed E-state index contributed by atoms with van der Waals surface area (Å²) < 4.78 is 3.57. The number of benzene rings is 1. The third-order valence-electron chi connectivity index (χ3n) is 7.42. The molecule has 0 aliphatic carbocycles. The van der Waals surface area contributed by atoms with E-state index in [4.69, 9.17) is 21.7 Å². The average molecular weight is 570 g/mol. The summed E-state index contributed by atoms with van der Waals surface area (Å²) in [4.78, 5) is 29.7. The minimum absolute atomic E-state index is 0.124. The third kappa shape index (κ3) is 5.05. The number of nitrogens with zero attached hydrogens (tertiary/aromatic N) is 7. The first-order valence-corrected chi connectivity index (χ1v) is 14.1. The largest absolute Gasteiger partial charge is 0.368 e. The van der Waals surface area contributed by atoms with E-state index in [0.717, 1.165) is 65.6 Å². The summed E-state index contributed by atoms with van der Waals surface area (Å²) in [6.45, 7) is 11.6. The summed E-state index contributed by atoms with van der Waals surface area (Å²) in [7, 11) is 0. The van der Waals surface area contributed by atoms with Crippen LogP contribution in [0.25, 0.3) is 27.8 Å². The first-order chi connectivity index (χ1) is 19.8. The van der Waals surface area contributed by atoms with Gasteiger partial charge in [-0.15, -0.1) is 0 Å². The van der Waals surface area contributed by atoms with Gasteiger partial charge in [-0.05, 0) is 64.1 Å². The van der Waals surface area contributed by atoms with Crippen LogP contribution < -0.4 is 21.1 Å². The number of pyridine rings is 2. The van der Waals surface area contributed by atoms with Gasteiger partial charge in [0.05, 0.1) is 27.7 Å². The van der Waals surface area contributed by atoms with Gasteiger partial charge in [0.2, 0.25) is 5.95 Å². The van der Waals surface area contributed by atoms with Crippen molar-refractivity contribution in [1.29, 1.82) is 0 Å². The zero-order valence-electron chi connectivity index (χ0n) is 23.5. The molecule has 0 atom stereocenters. The Bertz CT molecular complexity index is 1790. The van der Waals surface area contributed by atoms with E-state index in [1.54, 1.807) is 23.2 Å². The first-order valence-electron chi connectivity index (χ1n) is 13.7. The molecular formula is C30H32ClN9O. The van der Waals surface area contributed by atoms with E-state index in [0.29, 0.717) is 22.2 Å². The molecular weight excluding hydrogens is 538 g/mol. The number of nitrogens with one attached hydrogen (secondary N) is 2. The lowest BCUT2D eigenvalue weighted by Crippen LogP contribution is -2.43. The highest BCUT2D eigenvalue weighted by Gasteiger charge is 2.22. The SMILES string of the molecule is Cc1nn(-c2ccncc2)c(C)c1-c1cc2cnc(Nc3ccc(N4CCNCC4)c(Cl)c3)nc2n(C(C)C)c1=O. The topological polar surface area (TPSA) is 106 Å². The van der Waals surface area contributed by atoms with Crippen LogP contribution in [0, 0.1) is 13.8 Å². The monoisotopic (exact) mass is 569 g/mol. The van der Waals surface area contributed by atoms with E-state index in [1.165, 1.54) is 0 Å². The number of hydrogen-bond donors (Lipinski definition) is 2. The van der Waals surface area contributed by atoms with Gasteiger partial charge in [0, 0.05) is 73.1 Å². The molecule has 0 radical (unpaired) electrons. The summed E-state index contributed by atoms with van der Waals surface area (Å²) >= 11 is 6.66. The lowest BCUT2D eigenvalue weighted by Gasteiger charge is -2.30. The standard InChI is InChI=1S/C30H32ClN9O/c1-18(2)39-28-21(15-24(29(39)41)27-19(3)37-40(20(27)4)23-7-9-32-10-8-23)17-34-30(36-28)35-22-5-6-26(25(31)16-22)38-13-11-33-12-14-38/h5-10,15-18,33H,11-14H2,1-4H3,(H,34,35,36). The highest BCUT2D eigenvalue weighted by molar-refractivity contribution is 6.33. The minimum Gasteiger partial charge on any atom is -0.368 e.